The van der Waals surface area contributed by atoms with Crippen LogP contribution in [-0.2, 0) is 0 Å². The van der Waals surface area contributed by atoms with E-state index in [2.05, 4.69) is 13.8 Å². The van der Waals surface area contributed by atoms with Crippen LogP contribution in [-0.4, -0.2) is 19.0 Å². The van der Waals surface area contributed by atoms with E-state index in [1.807, 2.05) is 24.3 Å². The van der Waals surface area contributed by atoms with Crippen LogP contribution >= 0.6 is 0 Å². The van der Waals surface area contributed by atoms with Crippen molar-refractivity contribution in [1.82, 2.24) is 0 Å². The first kappa shape index (κ1) is 11.4. The molecule has 0 saturated carbocycles. The number of alkyl halides is 2. The van der Waals surface area contributed by atoms with Crippen LogP contribution in [0.15, 0.2) is 24.3 Å². The van der Waals surface area contributed by atoms with E-state index in [1.165, 1.54) is 5.56 Å². The second-order valence-corrected chi connectivity index (χ2v) is 4.77. The van der Waals surface area contributed by atoms with Gasteiger partial charge in [-0.1, -0.05) is 26.0 Å². The third-order valence-electron chi connectivity index (χ3n) is 3.09. The van der Waals surface area contributed by atoms with E-state index >= 15 is 0 Å². The SMILES string of the molecule is CC(C)c1ccc(N2CCC(F)(F)C2)cc1. The number of nitrogens with zero attached hydrogens (tertiary/aromatic N) is 1. The van der Waals surface area contributed by atoms with Gasteiger partial charge in [0, 0.05) is 18.7 Å². The standard InChI is InChI=1S/C13H17F2N/c1-10(2)11-3-5-12(6-4-11)16-8-7-13(14,15)9-16/h3-6,10H,7-9H2,1-2H3. The Kier molecular flexibility index (Phi) is 2.87. The molecule has 1 aromatic carbocycles. The summed E-state index contributed by atoms with van der Waals surface area (Å²) in [7, 11) is 0. The third-order valence-corrected chi connectivity index (χ3v) is 3.09. The second-order valence-electron chi connectivity index (χ2n) is 4.77. The molecule has 0 aromatic heterocycles. The fourth-order valence-electron chi connectivity index (χ4n) is 2.03. The fourth-order valence-corrected chi connectivity index (χ4v) is 2.03. The summed E-state index contributed by atoms with van der Waals surface area (Å²) in [5.74, 6) is -2.04. The molecule has 1 aliphatic rings. The van der Waals surface area contributed by atoms with E-state index in [0.717, 1.165) is 5.69 Å². The quantitative estimate of drug-likeness (QED) is 0.742. The van der Waals surface area contributed by atoms with Crippen LogP contribution in [0.4, 0.5) is 14.5 Å². The van der Waals surface area contributed by atoms with Crippen molar-refractivity contribution in [2.24, 2.45) is 0 Å². The van der Waals surface area contributed by atoms with E-state index in [0.29, 0.717) is 12.5 Å². The summed E-state index contributed by atoms with van der Waals surface area (Å²) in [6, 6.07) is 7.93. The molecular formula is C13H17F2N. The molecule has 0 unspecified atom stereocenters. The van der Waals surface area contributed by atoms with Crippen molar-refractivity contribution in [3.63, 3.8) is 0 Å². The Morgan fingerprint density at radius 3 is 2.25 bits per heavy atom. The van der Waals surface area contributed by atoms with Crippen LogP contribution in [0.1, 0.15) is 31.7 Å². The van der Waals surface area contributed by atoms with E-state index in [-0.39, 0.29) is 13.0 Å². The molecule has 0 aliphatic carbocycles. The average Bonchev–Trinajstić information content (AvgIpc) is 2.59. The summed E-state index contributed by atoms with van der Waals surface area (Å²) >= 11 is 0. The van der Waals surface area contributed by atoms with Crippen LogP contribution in [0.25, 0.3) is 0 Å². The molecule has 88 valence electrons. The maximum atomic E-state index is 13.0. The van der Waals surface area contributed by atoms with Crippen LogP contribution in [0.2, 0.25) is 0 Å². The summed E-state index contributed by atoms with van der Waals surface area (Å²) in [5, 5.41) is 0. The fraction of sp³-hybridized carbons (Fsp3) is 0.538. The molecule has 1 saturated heterocycles. The van der Waals surface area contributed by atoms with Crippen molar-refractivity contribution < 1.29 is 8.78 Å². The molecule has 1 heterocycles. The molecule has 1 aliphatic heterocycles. The Labute approximate surface area is 95.1 Å². The number of benzene rings is 1. The lowest BCUT2D eigenvalue weighted by atomic mass is 10.0. The lowest BCUT2D eigenvalue weighted by molar-refractivity contribution is 0.0257. The van der Waals surface area contributed by atoms with Gasteiger partial charge in [0.1, 0.15) is 0 Å². The van der Waals surface area contributed by atoms with Gasteiger partial charge < -0.3 is 4.90 Å². The summed E-state index contributed by atoms with van der Waals surface area (Å²) in [5.41, 5.74) is 2.15. The van der Waals surface area contributed by atoms with Gasteiger partial charge >= 0.3 is 0 Å². The van der Waals surface area contributed by atoms with Gasteiger partial charge in [0.05, 0.1) is 6.54 Å². The molecule has 0 atom stereocenters. The molecule has 1 fully saturated rings. The molecule has 0 spiro atoms. The minimum absolute atomic E-state index is 0.0288. The molecule has 1 aromatic rings. The Morgan fingerprint density at radius 2 is 1.81 bits per heavy atom. The van der Waals surface area contributed by atoms with E-state index in [4.69, 9.17) is 0 Å². The van der Waals surface area contributed by atoms with Crippen LogP contribution in [0.5, 0.6) is 0 Å². The van der Waals surface area contributed by atoms with Crippen LogP contribution < -0.4 is 4.90 Å². The Hall–Kier alpha value is -1.12. The molecule has 2 rings (SSSR count). The predicted octanol–water partition coefficient (Wildman–Crippen LogP) is 3.66. The minimum Gasteiger partial charge on any atom is -0.365 e. The molecular weight excluding hydrogens is 208 g/mol. The Morgan fingerprint density at radius 1 is 1.19 bits per heavy atom. The van der Waals surface area contributed by atoms with Gasteiger partial charge in [-0.2, -0.15) is 0 Å². The van der Waals surface area contributed by atoms with Crippen LogP contribution in [0.3, 0.4) is 0 Å². The zero-order valence-electron chi connectivity index (χ0n) is 9.71. The normalized spacial score (nSPS) is 19.4. The molecule has 0 bridgehead atoms. The lowest BCUT2D eigenvalue weighted by Gasteiger charge is -2.18. The monoisotopic (exact) mass is 225 g/mol. The third kappa shape index (κ3) is 2.34. The van der Waals surface area contributed by atoms with Gasteiger partial charge in [0.2, 0.25) is 0 Å². The minimum atomic E-state index is -2.52. The highest BCUT2D eigenvalue weighted by atomic mass is 19.3. The van der Waals surface area contributed by atoms with E-state index < -0.39 is 5.92 Å². The van der Waals surface area contributed by atoms with Crippen molar-refractivity contribution in [2.45, 2.75) is 32.1 Å². The molecule has 1 nitrogen and oxygen atoms in total. The summed E-state index contributed by atoms with van der Waals surface area (Å²) in [6.07, 6.45) is -0.0288. The van der Waals surface area contributed by atoms with Crippen molar-refractivity contribution in [3.05, 3.63) is 29.8 Å². The molecule has 0 amide bonds. The zero-order chi connectivity index (χ0) is 11.8. The number of halogens is 2. The highest BCUT2D eigenvalue weighted by molar-refractivity contribution is 5.49. The molecule has 16 heavy (non-hydrogen) atoms. The van der Waals surface area contributed by atoms with Gasteiger partial charge in [-0.15, -0.1) is 0 Å². The summed E-state index contributed by atoms with van der Waals surface area (Å²) in [4.78, 5) is 1.75. The van der Waals surface area contributed by atoms with E-state index in [1.54, 1.807) is 4.90 Å². The number of hydrogen-bond acceptors (Lipinski definition) is 1. The van der Waals surface area contributed by atoms with Crippen molar-refractivity contribution in [1.29, 1.82) is 0 Å². The van der Waals surface area contributed by atoms with Crippen molar-refractivity contribution >= 4 is 5.69 Å². The topological polar surface area (TPSA) is 3.24 Å². The number of anilines is 1. The van der Waals surface area contributed by atoms with E-state index in [9.17, 15) is 8.78 Å². The first-order valence-electron chi connectivity index (χ1n) is 5.71. The highest BCUT2D eigenvalue weighted by Gasteiger charge is 2.38. The smallest absolute Gasteiger partial charge is 0.266 e. The highest BCUT2D eigenvalue weighted by Crippen LogP contribution is 2.31. The summed E-state index contributed by atoms with van der Waals surface area (Å²) in [6.45, 7) is 4.56. The first-order chi connectivity index (χ1) is 7.48. The number of rotatable bonds is 2. The lowest BCUT2D eigenvalue weighted by Crippen LogP contribution is -2.24. The molecule has 0 radical (unpaired) electrons. The van der Waals surface area contributed by atoms with Gasteiger partial charge in [0.25, 0.3) is 5.92 Å². The van der Waals surface area contributed by atoms with Gasteiger partial charge in [0.15, 0.2) is 0 Å². The van der Waals surface area contributed by atoms with Crippen LogP contribution in [0, 0.1) is 0 Å². The van der Waals surface area contributed by atoms with Gasteiger partial charge in [-0.05, 0) is 23.6 Å². The number of hydrogen-bond donors (Lipinski definition) is 0. The summed E-state index contributed by atoms with van der Waals surface area (Å²) < 4.78 is 26.1. The average molecular weight is 225 g/mol. The largest absolute Gasteiger partial charge is 0.365 e. The Bertz CT molecular complexity index is 357. The Balaban J connectivity index is 2.11. The van der Waals surface area contributed by atoms with Gasteiger partial charge in [-0.3, -0.25) is 0 Å². The second kappa shape index (κ2) is 4.04. The zero-order valence-corrected chi connectivity index (χ0v) is 9.71. The first-order valence-corrected chi connectivity index (χ1v) is 5.71. The maximum absolute atomic E-state index is 13.0. The predicted molar refractivity (Wildman–Crippen MR) is 62.3 cm³/mol. The molecule has 0 N–H and O–H groups in total. The molecule has 3 heteroatoms. The van der Waals surface area contributed by atoms with Gasteiger partial charge in [-0.25, -0.2) is 8.78 Å². The maximum Gasteiger partial charge on any atom is 0.266 e. The van der Waals surface area contributed by atoms with Crippen molar-refractivity contribution in [3.8, 4) is 0 Å². The van der Waals surface area contributed by atoms with Crippen molar-refractivity contribution in [2.75, 3.05) is 18.0 Å².